The molecule has 0 unspecified atom stereocenters. The molecule has 0 aliphatic rings. The van der Waals surface area contributed by atoms with Crippen LogP contribution in [0.15, 0.2) is 53.6 Å². The summed E-state index contributed by atoms with van der Waals surface area (Å²) < 4.78 is 0. The van der Waals surface area contributed by atoms with Crippen LogP contribution in [0.1, 0.15) is 5.56 Å². The lowest BCUT2D eigenvalue weighted by atomic mass is 10.2. The molecule has 2 aromatic carbocycles. The number of phenols is 1. The zero-order valence-electron chi connectivity index (χ0n) is 8.97. The van der Waals surface area contributed by atoms with Crippen molar-refractivity contribution in [2.75, 3.05) is 5.43 Å². The van der Waals surface area contributed by atoms with E-state index in [9.17, 15) is 5.11 Å². The number of para-hydroxylation sites is 1. The standard InChI is InChI=1S/C13H11ClN2O/c14-11-6-7-13(17)10(8-11)9-15-16-12-4-2-1-3-5-12/h1-9,16-17H/b15-9-. The fourth-order valence-electron chi connectivity index (χ4n) is 1.32. The summed E-state index contributed by atoms with van der Waals surface area (Å²) in [6, 6.07) is 14.4. The van der Waals surface area contributed by atoms with Gasteiger partial charge in [0, 0.05) is 10.6 Å². The van der Waals surface area contributed by atoms with Crippen molar-refractivity contribution >= 4 is 23.5 Å². The van der Waals surface area contributed by atoms with Crippen LogP contribution in [0.25, 0.3) is 0 Å². The Kier molecular flexibility index (Phi) is 3.62. The van der Waals surface area contributed by atoms with Crippen LogP contribution in [-0.2, 0) is 0 Å². The smallest absolute Gasteiger partial charge is 0.124 e. The number of hydrogen-bond donors (Lipinski definition) is 2. The van der Waals surface area contributed by atoms with Gasteiger partial charge < -0.3 is 5.11 Å². The molecule has 2 rings (SSSR count). The first-order chi connectivity index (χ1) is 8.25. The fourth-order valence-corrected chi connectivity index (χ4v) is 1.50. The lowest BCUT2D eigenvalue weighted by Crippen LogP contribution is -1.90. The van der Waals surface area contributed by atoms with Gasteiger partial charge in [0.05, 0.1) is 11.9 Å². The van der Waals surface area contributed by atoms with Crippen molar-refractivity contribution in [1.82, 2.24) is 0 Å². The zero-order valence-corrected chi connectivity index (χ0v) is 9.72. The highest BCUT2D eigenvalue weighted by Crippen LogP contribution is 2.19. The molecular formula is C13H11ClN2O. The van der Waals surface area contributed by atoms with Gasteiger partial charge in [-0.05, 0) is 30.3 Å². The number of hydrogen-bond acceptors (Lipinski definition) is 3. The van der Waals surface area contributed by atoms with E-state index in [0.29, 0.717) is 10.6 Å². The Hall–Kier alpha value is -2.00. The summed E-state index contributed by atoms with van der Waals surface area (Å²) in [4.78, 5) is 0. The second kappa shape index (κ2) is 5.37. The highest BCUT2D eigenvalue weighted by atomic mass is 35.5. The summed E-state index contributed by atoms with van der Waals surface area (Å²) in [5.74, 6) is 0.146. The molecule has 3 nitrogen and oxygen atoms in total. The number of phenolic OH excluding ortho intramolecular Hbond substituents is 1. The third kappa shape index (κ3) is 3.23. The largest absolute Gasteiger partial charge is 0.507 e. The lowest BCUT2D eigenvalue weighted by molar-refractivity contribution is 0.474. The van der Waals surface area contributed by atoms with Crippen LogP contribution >= 0.6 is 11.6 Å². The van der Waals surface area contributed by atoms with Gasteiger partial charge in [0.15, 0.2) is 0 Å². The van der Waals surface area contributed by atoms with E-state index in [2.05, 4.69) is 10.5 Å². The van der Waals surface area contributed by atoms with Crippen molar-refractivity contribution in [3.05, 3.63) is 59.1 Å². The quantitative estimate of drug-likeness (QED) is 0.643. The maximum absolute atomic E-state index is 9.55. The van der Waals surface area contributed by atoms with E-state index < -0.39 is 0 Å². The van der Waals surface area contributed by atoms with Gasteiger partial charge in [-0.15, -0.1) is 0 Å². The van der Waals surface area contributed by atoms with Crippen LogP contribution in [0.5, 0.6) is 5.75 Å². The monoisotopic (exact) mass is 246 g/mol. The summed E-state index contributed by atoms with van der Waals surface area (Å²) in [5.41, 5.74) is 4.31. The molecule has 86 valence electrons. The molecule has 0 saturated heterocycles. The molecule has 0 radical (unpaired) electrons. The molecule has 0 spiro atoms. The Bertz CT molecular complexity index is 526. The molecule has 0 fully saturated rings. The average Bonchev–Trinajstić information content (AvgIpc) is 2.35. The van der Waals surface area contributed by atoms with E-state index in [1.165, 1.54) is 12.3 Å². The van der Waals surface area contributed by atoms with Gasteiger partial charge in [-0.25, -0.2) is 0 Å². The number of aromatic hydroxyl groups is 1. The second-order valence-corrected chi connectivity index (χ2v) is 3.88. The van der Waals surface area contributed by atoms with E-state index >= 15 is 0 Å². The SMILES string of the molecule is Oc1ccc(Cl)cc1/C=N\Nc1ccccc1. The van der Waals surface area contributed by atoms with Crippen molar-refractivity contribution in [3.8, 4) is 5.75 Å². The van der Waals surface area contributed by atoms with Gasteiger partial charge in [-0.3, -0.25) is 5.43 Å². The lowest BCUT2D eigenvalue weighted by Gasteiger charge is -2.00. The van der Waals surface area contributed by atoms with Gasteiger partial charge in [0.2, 0.25) is 0 Å². The topological polar surface area (TPSA) is 44.6 Å². The fraction of sp³-hybridized carbons (Fsp3) is 0. The van der Waals surface area contributed by atoms with Gasteiger partial charge in [-0.2, -0.15) is 5.10 Å². The summed E-state index contributed by atoms with van der Waals surface area (Å²) in [7, 11) is 0. The number of rotatable bonds is 3. The predicted octanol–water partition coefficient (Wildman–Crippen LogP) is 3.49. The molecule has 4 heteroatoms. The molecule has 0 saturated carbocycles. The number of anilines is 1. The molecule has 0 atom stereocenters. The van der Waals surface area contributed by atoms with Crippen LogP contribution < -0.4 is 5.43 Å². The van der Waals surface area contributed by atoms with Crippen molar-refractivity contribution in [3.63, 3.8) is 0 Å². The molecule has 0 aliphatic carbocycles. The molecule has 0 aliphatic heterocycles. The Balaban J connectivity index is 2.08. The normalized spacial score (nSPS) is 10.6. The van der Waals surface area contributed by atoms with Gasteiger partial charge in [0.25, 0.3) is 0 Å². The van der Waals surface area contributed by atoms with Crippen LogP contribution in [0.2, 0.25) is 5.02 Å². The van der Waals surface area contributed by atoms with E-state index in [-0.39, 0.29) is 5.75 Å². The number of hydrazone groups is 1. The Morgan fingerprint density at radius 3 is 2.65 bits per heavy atom. The van der Waals surface area contributed by atoms with Crippen LogP contribution in [0.3, 0.4) is 0 Å². The molecular weight excluding hydrogens is 236 g/mol. The minimum Gasteiger partial charge on any atom is -0.507 e. The minimum absolute atomic E-state index is 0.146. The van der Waals surface area contributed by atoms with E-state index in [1.54, 1.807) is 12.1 Å². The highest BCUT2D eigenvalue weighted by molar-refractivity contribution is 6.30. The number of benzene rings is 2. The highest BCUT2D eigenvalue weighted by Gasteiger charge is 1.98. The first-order valence-electron chi connectivity index (χ1n) is 5.08. The van der Waals surface area contributed by atoms with Crippen LogP contribution in [-0.4, -0.2) is 11.3 Å². The first kappa shape index (κ1) is 11.5. The zero-order chi connectivity index (χ0) is 12.1. The summed E-state index contributed by atoms with van der Waals surface area (Å²) >= 11 is 5.82. The average molecular weight is 247 g/mol. The van der Waals surface area contributed by atoms with Gasteiger partial charge in [0.1, 0.15) is 5.75 Å². The summed E-state index contributed by atoms with van der Waals surface area (Å²) in [6.45, 7) is 0. The number of nitrogens with one attached hydrogen (secondary N) is 1. The first-order valence-corrected chi connectivity index (χ1v) is 5.46. The van der Waals surface area contributed by atoms with Crippen LogP contribution in [0, 0.1) is 0 Å². The van der Waals surface area contributed by atoms with Gasteiger partial charge >= 0.3 is 0 Å². The summed E-state index contributed by atoms with van der Waals surface area (Å²) in [5, 5.41) is 14.1. The molecule has 0 amide bonds. The molecule has 17 heavy (non-hydrogen) atoms. The Morgan fingerprint density at radius 2 is 1.88 bits per heavy atom. The van der Waals surface area contributed by atoms with E-state index in [1.807, 2.05) is 30.3 Å². The minimum atomic E-state index is 0.146. The predicted molar refractivity (Wildman–Crippen MR) is 70.8 cm³/mol. The van der Waals surface area contributed by atoms with E-state index in [4.69, 9.17) is 11.6 Å². The van der Waals surface area contributed by atoms with Crippen molar-refractivity contribution in [2.24, 2.45) is 5.10 Å². The maximum Gasteiger partial charge on any atom is 0.124 e. The van der Waals surface area contributed by atoms with Crippen molar-refractivity contribution in [1.29, 1.82) is 0 Å². The Labute approximate surface area is 104 Å². The number of halogens is 1. The summed E-state index contributed by atoms with van der Waals surface area (Å²) in [6.07, 6.45) is 1.52. The van der Waals surface area contributed by atoms with E-state index in [0.717, 1.165) is 5.69 Å². The Morgan fingerprint density at radius 1 is 1.12 bits per heavy atom. The molecule has 0 bridgehead atoms. The number of nitrogens with zero attached hydrogens (tertiary/aromatic N) is 1. The third-order valence-corrected chi connectivity index (χ3v) is 2.40. The molecule has 0 heterocycles. The molecule has 0 aromatic heterocycles. The molecule has 2 N–H and O–H groups in total. The second-order valence-electron chi connectivity index (χ2n) is 3.44. The van der Waals surface area contributed by atoms with Gasteiger partial charge in [-0.1, -0.05) is 29.8 Å². The van der Waals surface area contributed by atoms with Crippen molar-refractivity contribution < 1.29 is 5.11 Å². The maximum atomic E-state index is 9.55. The van der Waals surface area contributed by atoms with Crippen LogP contribution in [0.4, 0.5) is 5.69 Å². The van der Waals surface area contributed by atoms with Crippen molar-refractivity contribution in [2.45, 2.75) is 0 Å². The third-order valence-electron chi connectivity index (χ3n) is 2.16. The molecule has 2 aromatic rings.